The number of aromatic nitrogens is 1. The summed E-state index contributed by atoms with van der Waals surface area (Å²) in [6, 6.07) is 14.1. The van der Waals surface area contributed by atoms with Gasteiger partial charge >= 0.3 is 5.97 Å². The number of hydrogen-bond acceptors (Lipinski definition) is 8. The Hall–Kier alpha value is -4.69. The molecule has 36 heavy (non-hydrogen) atoms. The van der Waals surface area contributed by atoms with Crippen molar-refractivity contribution >= 4 is 46.4 Å². The van der Waals surface area contributed by atoms with E-state index < -0.39 is 29.2 Å². The summed E-state index contributed by atoms with van der Waals surface area (Å²) >= 11 is 0.809. The Kier molecular flexibility index (Phi) is 6.71. The summed E-state index contributed by atoms with van der Waals surface area (Å²) in [5, 5.41) is 12.7. The van der Waals surface area contributed by atoms with Gasteiger partial charge in [0, 0.05) is 17.3 Å². The Morgan fingerprint density at radius 3 is 2.50 bits per heavy atom. The standard InChI is InChI=1S/C25H19FN4O5S/c1-34-14-9-7-13(8-10-14)29-23(32)21-20(15-5-3-4-6-17(15)26)16(12-27)22(28)30-24(33)18(36-25(21)30)11-19(31)35-2/h3-11,20H,28H2,1-2H3,(H,29,32)/b18-11-/t20-/m0/s1. The molecule has 4 rings (SSSR count). The SMILES string of the molecule is COC(=O)/C=c1\sc2n(c1=O)C(N)=C(C#N)[C@H](c1ccccc1F)C=2C(=O)Nc1ccc(OC)cc1. The molecule has 1 atom stereocenters. The van der Waals surface area contributed by atoms with E-state index in [0.717, 1.165) is 29.1 Å². The van der Waals surface area contributed by atoms with Crippen LogP contribution in [0.5, 0.6) is 5.75 Å². The fraction of sp³-hybridized carbons (Fsp3) is 0.120. The maximum atomic E-state index is 15.0. The van der Waals surface area contributed by atoms with Crippen molar-refractivity contribution in [3.63, 3.8) is 0 Å². The molecule has 0 aliphatic carbocycles. The number of nitriles is 1. The van der Waals surface area contributed by atoms with E-state index >= 15 is 0 Å². The third kappa shape index (κ3) is 4.25. The van der Waals surface area contributed by atoms with Crippen molar-refractivity contribution in [2.24, 2.45) is 5.73 Å². The van der Waals surface area contributed by atoms with Gasteiger partial charge in [-0.25, -0.2) is 9.18 Å². The molecule has 182 valence electrons. The lowest BCUT2D eigenvalue weighted by Crippen LogP contribution is -2.41. The number of carbonyl (C=O) groups excluding carboxylic acids is 2. The number of rotatable bonds is 5. The molecule has 1 aromatic heterocycles. The van der Waals surface area contributed by atoms with Crippen LogP contribution in [0, 0.1) is 17.1 Å². The number of ether oxygens (including phenoxy) is 2. The predicted molar refractivity (Wildman–Crippen MR) is 131 cm³/mol. The first kappa shape index (κ1) is 24.4. The second kappa shape index (κ2) is 9.89. The molecule has 0 fully saturated rings. The predicted octanol–water partition coefficient (Wildman–Crippen LogP) is 1.25. The monoisotopic (exact) mass is 506 g/mol. The van der Waals surface area contributed by atoms with Gasteiger partial charge in [0.15, 0.2) is 0 Å². The Labute approximate surface area is 207 Å². The van der Waals surface area contributed by atoms with E-state index in [2.05, 4.69) is 10.1 Å². The summed E-state index contributed by atoms with van der Waals surface area (Å²) in [5.74, 6) is -3.03. The number of halogens is 1. The number of nitrogens with zero attached hydrogens (tertiary/aromatic N) is 2. The molecule has 2 aromatic carbocycles. The van der Waals surface area contributed by atoms with Crippen LogP contribution in [0.25, 0.3) is 17.5 Å². The van der Waals surface area contributed by atoms with Crippen LogP contribution in [0.15, 0.2) is 58.9 Å². The Balaban J connectivity index is 2.03. The van der Waals surface area contributed by atoms with Gasteiger partial charge < -0.3 is 20.5 Å². The van der Waals surface area contributed by atoms with E-state index in [1.165, 1.54) is 25.3 Å². The average molecular weight is 507 g/mol. The number of amides is 1. The van der Waals surface area contributed by atoms with Crippen molar-refractivity contribution in [2.75, 3.05) is 19.5 Å². The van der Waals surface area contributed by atoms with E-state index in [1.54, 1.807) is 30.3 Å². The van der Waals surface area contributed by atoms with Crippen LogP contribution < -0.4 is 30.5 Å². The lowest BCUT2D eigenvalue weighted by molar-refractivity contribution is -0.133. The second-order valence-electron chi connectivity index (χ2n) is 7.54. The number of fused-ring (bicyclic) bond motifs is 1. The van der Waals surface area contributed by atoms with Gasteiger partial charge in [0.1, 0.15) is 26.6 Å². The van der Waals surface area contributed by atoms with E-state index in [9.17, 15) is 24.0 Å². The Bertz CT molecular complexity index is 1630. The van der Waals surface area contributed by atoms with Crippen molar-refractivity contribution in [2.45, 2.75) is 5.92 Å². The van der Waals surface area contributed by atoms with Gasteiger partial charge in [0.25, 0.3) is 11.5 Å². The van der Waals surface area contributed by atoms with Crippen LogP contribution in [0.2, 0.25) is 0 Å². The quantitative estimate of drug-likeness (QED) is 0.497. The molecule has 1 aliphatic rings. The molecule has 11 heteroatoms. The highest BCUT2D eigenvalue weighted by Gasteiger charge is 2.37. The number of nitrogens with one attached hydrogen (secondary N) is 1. The van der Waals surface area contributed by atoms with Gasteiger partial charge in [0.05, 0.1) is 37.4 Å². The summed E-state index contributed by atoms with van der Waals surface area (Å²) in [7, 11) is 2.66. The first-order valence-corrected chi connectivity index (χ1v) is 11.3. The third-order valence-corrected chi connectivity index (χ3v) is 6.64. The molecular formula is C25H19FN4O5S. The summed E-state index contributed by atoms with van der Waals surface area (Å²) in [6.07, 6.45) is 0.967. The largest absolute Gasteiger partial charge is 0.497 e. The highest BCUT2D eigenvalue weighted by molar-refractivity contribution is 7.07. The van der Waals surface area contributed by atoms with Gasteiger partial charge in [-0.3, -0.25) is 14.2 Å². The third-order valence-electron chi connectivity index (χ3n) is 5.53. The molecule has 0 bridgehead atoms. The molecular weight excluding hydrogens is 487 g/mol. The maximum absolute atomic E-state index is 15.0. The van der Waals surface area contributed by atoms with Crippen molar-refractivity contribution < 1.29 is 23.5 Å². The molecule has 1 amide bonds. The molecule has 9 nitrogen and oxygen atoms in total. The number of methoxy groups -OCH3 is 2. The molecule has 0 unspecified atom stereocenters. The first-order chi connectivity index (χ1) is 17.3. The smallest absolute Gasteiger partial charge is 0.332 e. The van der Waals surface area contributed by atoms with E-state index in [-0.39, 0.29) is 31.7 Å². The van der Waals surface area contributed by atoms with Gasteiger partial charge in [-0.1, -0.05) is 18.2 Å². The molecule has 0 spiro atoms. The molecule has 0 radical (unpaired) electrons. The van der Waals surface area contributed by atoms with Gasteiger partial charge in [-0.15, -0.1) is 11.3 Å². The zero-order valence-electron chi connectivity index (χ0n) is 19.1. The summed E-state index contributed by atoms with van der Waals surface area (Å²) in [4.78, 5) is 38.6. The topological polar surface area (TPSA) is 136 Å². The molecule has 0 saturated carbocycles. The number of allylic oxidation sites excluding steroid dienone is 1. The Morgan fingerprint density at radius 1 is 1.19 bits per heavy atom. The van der Waals surface area contributed by atoms with Crippen LogP contribution in [0.3, 0.4) is 0 Å². The normalized spacial score (nSPS) is 15.2. The highest BCUT2D eigenvalue weighted by Crippen LogP contribution is 2.37. The number of hydrogen-bond donors (Lipinski definition) is 2. The highest BCUT2D eigenvalue weighted by atomic mass is 32.1. The van der Waals surface area contributed by atoms with Crippen LogP contribution in [-0.2, 0) is 14.3 Å². The minimum atomic E-state index is -1.21. The number of anilines is 1. The fourth-order valence-electron chi connectivity index (χ4n) is 3.83. The number of thiazole rings is 1. The summed E-state index contributed by atoms with van der Waals surface area (Å²) in [6.45, 7) is 0. The maximum Gasteiger partial charge on any atom is 0.332 e. The van der Waals surface area contributed by atoms with Crippen LogP contribution >= 0.6 is 11.3 Å². The van der Waals surface area contributed by atoms with Crippen molar-refractivity contribution in [3.05, 3.63) is 85.0 Å². The van der Waals surface area contributed by atoms with Crippen molar-refractivity contribution in [1.29, 1.82) is 5.26 Å². The molecule has 3 N–H and O–H groups in total. The minimum absolute atomic E-state index is 0.0301. The van der Waals surface area contributed by atoms with Gasteiger partial charge in [0.2, 0.25) is 0 Å². The zero-order chi connectivity index (χ0) is 26.0. The second-order valence-corrected chi connectivity index (χ2v) is 8.57. The molecule has 0 saturated heterocycles. The van der Waals surface area contributed by atoms with Crippen LogP contribution in [0.1, 0.15) is 11.5 Å². The van der Waals surface area contributed by atoms with Gasteiger partial charge in [-0.05, 0) is 30.3 Å². The lowest BCUT2D eigenvalue weighted by Gasteiger charge is -2.25. The zero-order valence-corrected chi connectivity index (χ0v) is 19.9. The van der Waals surface area contributed by atoms with Crippen molar-refractivity contribution in [1.82, 2.24) is 4.57 Å². The number of benzene rings is 2. The number of nitrogens with two attached hydrogens (primary N) is 1. The van der Waals surface area contributed by atoms with Crippen molar-refractivity contribution in [3.8, 4) is 11.8 Å². The molecule has 3 aromatic rings. The van der Waals surface area contributed by atoms with Crippen LogP contribution in [0.4, 0.5) is 10.1 Å². The van der Waals surface area contributed by atoms with Gasteiger partial charge in [-0.2, -0.15) is 5.26 Å². The molecule has 2 heterocycles. The average Bonchev–Trinajstić information content (AvgIpc) is 3.20. The number of carbonyl (C=O) groups is 2. The summed E-state index contributed by atoms with van der Waals surface area (Å²) < 4.78 is 25.7. The van der Waals surface area contributed by atoms with E-state index in [1.807, 2.05) is 6.07 Å². The van der Waals surface area contributed by atoms with E-state index in [4.69, 9.17) is 10.5 Å². The molecule has 1 aliphatic heterocycles. The Morgan fingerprint density at radius 2 is 1.89 bits per heavy atom. The van der Waals surface area contributed by atoms with Crippen LogP contribution in [-0.4, -0.2) is 30.7 Å². The fourth-order valence-corrected chi connectivity index (χ4v) is 4.96. The number of esters is 1. The first-order valence-electron chi connectivity index (χ1n) is 10.5. The minimum Gasteiger partial charge on any atom is -0.497 e. The lowest BCUT2D eigenvalue weighted by atomic mass is 9.83. The van der Waals surface area contributed by atoms with E-state index in [0.29, 0.717) is 11.4 Å². The summed E-state index contributed by atoms with van der Waals surface area (Å²) in [5.41, 5.74) is 5.67.